The Bertz CT molecular complexity index is 583. The van der Waals surface area contributed by atoms with Crippen LogP contribution in [0.5, 0.6) is 0 Å². The molecule has 0 saturated heterocycles. The molecule has 1 heterocycles. The van der Waals surface area contributed by atoms with Crippen molar-refractivity contribution in [1.29, 1.82) is 0 Å². The van der Waals surface area contributed by atoms with Crippen LogP contribution in [0.2, 0.25) is 0 Å². The largest absolute Gasteiger partial charge is 0.376 e. The Kier molecular flexibility index (Phi) is 3.12. The third-order valence-electron chi connectivity index (χ3n) is 3.49. The normalized spacial score (nSPS) is 26.4. The standard InChI is InChI=1S/C13H17FN4O/c1-2-19-11-6-8(15)12(11)18-13-16-9-4-3-7(14)5-10(9)17-13/h3-5,8,11-12H,2,6,15H2,1H3,(H2,16,17,18). The molecular formula is C13H17FN4O. The number of anilines is 1. The molecule has 1 aromatic heterocycles. The number of nitrogens with two attached hydrogens (primary N) is 1. The molecule has 3 atom stereocenters. The molecule has 1 saturated carbocycles. The molecule has 102 valence electrons. The lowest BCUT2D eigenvalue weighted by Gasteiger charge is -2.42. The number of fused-ring (bicyclic) bond motifs is 1. The molecule has 1 aliphatic carbocycles. The van der Waals surface area contributed by atoms with E-state index < -0.39 is 0 Å². The highest BCUT2D eigenvalue weighted by molar-refractivity contribution is 5.77. The lowest BCUT2D eigenvalue weighted by Crippen LogP contribution is -2.60. The van der Waals surface area contributed by atoms with Crippen molar-refractivity contribution >= 4 is 17.0 Å². The molecule has 0 bridgehead atoms. The maximum Gasteiger partial charge on any atom is 0.201 e. The monoisotopic (exact) mass is 264 g/mol. The Morgan fingerprint density at radius 2 is 2.42 bits per heavy atom. The van der Waals surface area contributed by atoms with Gasteiger partial charge >= 0.3 is 0 Å². The van der Waals surface area contributed by atoms with Gasteiger partial charge in [-0.15, -0.1) is 0 Å². The molecule has 3 rings (SSSR count). The summed E-state index contributed by atoms with van der Waals surface area (Å²) >= 11 is 0. The molecular weight excluding hydrogens is 247 g/mol. The molecule has 0 aliphatic heterocycles. The number of aromatic amines is 1. The van der Waals surface area contributed by atoms with Crippen molar-refractivity contribution in [3.63, 3.8) is 0 Å². The Hall–Kier alpha value is -1.66. The Morgan fingerprint density at radius 3 is 3.16 bits per heavy atom. The van der Waals surface area contributed by atoms with Crippen molar-refractivity contribution in [2.45, 2.75) is 31.5 Å². The highest BCUT2D eigenvalue weighted by atomic mass is 19.1. The average molecular weight is 264 g/mol. The Morgan fingerprint density at radius 1 is 1.58 bits per heavy atom. The number of hydrogen-bond donors (Lipinski definition) is 3. The summed E-state index contributed by atoms with van der Waals surface area (Å²) in [6.07, 6.45) is 0.963. The average Bonchev–Trinajstić information content (AvgIpc) is 2.77. The van der Waals surface area contributed by atoms with Crippen LogP contribution < -0.4 is 11.1 Å². The van der Waals surface area contributed by atoms with Crippen LogP contribution in [0.1, 0.15) is 13.3 Å². The summed E-state index contributed by atoms with van der Waals surface area (Å²) in [6, 6.07) is 4.57. The van der Waals surface area contributed by atoms with Crippen LogP contribution in [0, 0.1) is 5.82 Å². The highest BCUT2D eigenvalue weighted by Crippen LogP contribution is 2.26. The Labute approximate surface area is 110 Å². The van der Waals surface area contributed by atoms with Crippen LogP contribution in [0.3, 0.4) is 0 Å². The zero-order chi connectivity index (χ0) is 13.4. The van der Waals surface area contributed by atoms with Crippen LogP contribution in [-0.2, 0) is 4.74 Å². The van der Waals surface area contributed by atoms with E-state index in [-0.39, 0.29) is 24.0 Å². The van der Waals surface area contributed by atoms with Crippen molar-refractivity contribution < 1.29 is 9.13 Å². The van der Waals surface area contributed by atoms with Gasteiger partial charge in [0.1, 0.15) is 5.82 Å². The van der Waals surface area contributed by atoms with Gasteiger partial charge < -0.3 is 20.8 Å². The predicted molar refractivity (Wildman–Crippen MR) is 71.5 cm³/mol. The first-order valence-corrected chi connectivity index (χ1v) is 6.46. The summed E-state index contributed by atoms with van der Waals surface area (Å²) in [5.74, 6) is 0.320. The number of nitrogens with zero attached hydrogens (tertiary/aromatic N) is 1. The minimum atomic E-state index is -0.282. The molecule has 0 spiro atoms. The maximum atomic E-state index is 13.1. The SMILES string of the molecule is CCOC1CC(N)C1Nc1nc2ccc(F)cc2[nH]1. The van der Waals surface area contributed by atoms with E-state index in [1.807, 2.05) is 6.92 Å². The fraction of sp³-hybridized carbons (Fsp3) is 0.462. The summed E-state index contributed by atoms with van der Waals surface area (Å²) < 4.78 is 18.7. The smallest absolute Gasteiger partial charge is 0.201 e. The number of benzene rings is 1. The first-order chi connectivity index (χ1) is 9.17. The van der Waals surface area contributed by atoms with Crippen LogP contribution >= 0.6 is 0 Å². The molecule has 0 amide bonds. The number of imidazole rings is 1. The van der Waals surface area contributed by atoms with Crippen molar-refractivity contribution in [2.75, 3.05) is 11.9 Å². The maximum absolute atomic E-state index is 13.1. The third kappa shape index (κ3) is 2.29. The number of nitrogens with one attached hydrogen (secondary N) is 2. The minimum Gasteiger partial charge on any atom is -0.376 e. The lowest BCUT2D eigenvalue weighted by atomic mass is 9.83. The number of hydrogen-bond acceptors (Lipinski definition) is 4. The van der Waals surface area contributed by atoms with E-state index >= 15 is 0 Å². The van der Waals surface area contributed by atoms with Crippen molar-refractivity contribution in [2.24, 2.45) is 5.73 Å². The van der Waals surface area contributed by atoms with Gasteiger partial charge in [-0.1, -0.05) is 0 Å². The number of rotatable bonds is 4. The van der Waals surface area contributed by atoms with Gasteiger partial charge in [-0.3, -0.25) is 0 Å². The van der Waals surface area contributed by atoms with Crippen molar-refractivity contribution in [3.05, 3.63) is 24.0 Å². The van der Waals surface area contributed by atoms with Gasteiger partial charge in [0, 0.05) is 12.6 Å². The van der Waals surface area contributed by atoms with Crippen LogP contribution in [-0.4, -0.2) is 34.8 Å². The molecule has 1 fully saturated rings. The summed E-state index contributed by atoms with van der Waals surface area (Å²) in [5.41, 5.74) is 7.36. The summed E-state index contributed by atoms with van der Waals surface area (Å²) in [4.78, 5) is 7.41. The fourth-order valence-corrected chi connectivity index (χ4v) is 2.44. The van der Waals surface area contributed by atoms with Gasteiger partial charge in [-0.05, 0) is 31.5 Å². The molecule has 6 heteroatoms. The summed E-state index contributed by atoms with van der Waals surface area (Å²) in [6.45, 7) is 2.63. The number of ether oxygens (including phenoxy) is 1. The zero-order valence-corrected chi connectivity index (χ0v) is 10.7. The van der Waals surface area contributed by atoms with Gasteiger partial charge in [-0.2, -0.15) is 0 Å². The zero-order valence-electron chi connectivity index (χ0n) is 10.7. The molecule has 0 radical (unpaired) electrons. The van der Waals surface area contributed by atoms with E-state index in [1.165, 1.54) is 12.1 Å². The first-order valence-electron chi connectivity index (χ1n) is 6.46. The highest BCUT2D eigenvalue weighted by Gasteiger charge is 2.39. The van der Waals surface area contributed by atoms with E-state index in [2.05, 4.69) is 15.3 Å². The number of H-pyrrole nitrogens is 1. The first kappa shape index (κ1) is 12.4. The molecule has 4 N–H and O–H groups in total. The van der Waals surface area contributed by atoms with Gasteiger partial charge in [0.2, 0.25) is 5.95 Å². The van der Waals surface area contributed by atoms with Crippen LogP contribution in [0.25, 0.3) is 11.0 Å². The molecule has 19 heavy (non-hydrogen) atoms. The van der Waals surface area contributed by atoms with Gasteiger partial charge in [0.05, 0.1) is 23.2 Å². The van der Waals surface area contributed by atoms with Gasteiger partial charge in [-0.25, -0.2) is 9.37 Å². The third-order valence-corrected chi connectivity index (χ3v) is 3.49. The second kappa shape index (κ2) is 4.79. The number of halogens is 1. The lowest BCUT2D eigenvalue weighted by molar-refractivity contribution is -0.0128. The summed E-state index contributed by atoms with van der Waals surface area (Å²) in [5, 5.41) is 3.23. The molecule has 1 aromatic carbocycles. The topological polar surface area (TPSA) is 76.0 Å². The fourth-order valence-electron chi connectivity index (χ4n) is 2.44. The quantitative estimate of drug-likeness (QED) is 0.784. The molecule has 1 aliphatic rings. The van der Waals surface area contributed by atoms with E-state index in [0.29, 0.717) is 18.1 Å². The van der Waals surface area contributed by atoms with Crippen molar-refractivity contribution in [3.8, 4) is 0 Å². The van der Waals surface area contributed by atoms with Crippen LogP contribution in [0.15, 0.2) is 18.2 Å². The number of aromatic nitrogens is 2. The molecule has 5 nitrogen and oxygen atoms in total. The van der Waals surface area contributed by atoms with Gasteiger partial charge in [0.15, 0.2) is 0 Å². The van der Waals surface area contributed by atoms with Crippen molar-refractivity contribution in [1.82, 2.24) is 9.97 Å². The van der Waals surface area contributed by atoms with E-state index in [9.17, 15) is 4.39 Å². The second-order valence-electron chi connectivity index (χ2n) is 4.81. The minimum absolute atomic E-state index is 0.0466. The Balaban J connectivity index is 1.77. The van der Waals surface area contributed by atoms with Crippen LogP contribution in [0.4, 0.5) is 10.3 Å². The molecule has 3 unspecified atom stereocenters. The van der Waals surface area contributed by atoms with Gasteiger partial charge in [0.25, 0.3) is 0 Å². The molecule has 2 aromatic rings. The van der Waals surface area contributed by atoms with E-state index in [4.69, 9.17) is 10.5 Å². The van der Waals surface area contributed by atoms with E-state index in [1.54, 1.807) is 6.07 Å². The van der Waals surface area contributed by atoms with E-state index in [0.717, 1.165) is 11.9 Å². The second-order valence-corrected chi connectivity index (χ2v) is 4.81. The summed E-state index contributed by atoms with van der Waals surface area (Å²) in [7, 11) is 0. The predicted octanol–water partition coefficient (Wildman–Crippen LogP) is 1.62.